The molecule has 0 radical (unpaired) electrons. The summed E-state index contributed by atoms with van der Waals surface area (Å²) in [5, 5.41) is 11.3. The number of halogens is 1. The summed E-state index contributed by atoms with van der Waals surface area (Å²) in [7, 11) is 1.60. The number of benzene rings is 2. The first kappa shape index (κ1) is 18.8. The Morgan fingerprint density at radius 1 is 1.33 bits per heavy atom. The topological polar surface area (TPSA) is 91.1 Å². The van der Waals surface area contributed by atoms with Gasteiger partial charge in [-0.25, -0.2) is 0 Å². The fraction of sp³-hybridized carbons (Fsp3) is 0.278. The molecule has 1 atom stereocenters. The minimum absolute atomic E-state index is 0.0164. The van der Waals surface area contributed by atoms with Gasteiger partial charge in [-0.1, -0.05) is 23.7 Å². The van der Waals surface area contributed by atoms with E-state index in [2.05, 4.69) is 0 Å². The Hall–Kier alpha value is -3.00. The Labute approximate surface area is 160 Å². The molecule has 9 heteroatoms. The van der Waals surface area contributed by atoms with Gasteiger partial charge in [0.05, 0.1) is 11.5 Å². The molecule has 0 spiro atoms. The van der Waals surface area contributed by atoms with E-state index in [1.807, 2.05) is 18.2 Å². The van der Waals surface area contributed by atoms with Gasteiger partial charge in [-0.15, -0.1) is 0 Å². The van der Waals surface area contributed by atoms with E-state index in [0.717, 1.165) is 0 Å². The lowest BCUT2D eigenvalue weighted by molar-refractivity contribution is -0.385. The molecule has 0 aromatic heterocycles. The number of amides is 1. The molecule has 1 amide bonds. The minimum atomic E-state index is -0.611. The fourth-order valence-electron chi connectivity index (χ4n) is 2.57. The van der Waals surface area contributed by atoms with Crippen LogP contribution in [-0.2, 0) is 4.79 Å². The largest absolute Gasteiger partial charge is 0.486 e. The number of rotatable bonds is 6. The van der Waals surface area contributed by atoms with E-state index < -0.39 is 4.92 Å². The summed E-state index contributed by atoms with van der Waals surface area (Å²) in [6.07, 6.45) is -0.321. The van der Waals surface area contributed by atoms with Crippen LogP contribution in [0.2, 0.25) is 5.02 Å². The number of para-hydroxylation sites is 2. The first-order valence-electron chi connectivity index (χ1n) is 8.13. The highest BCUT2D eigenvalue weighted by Crippen LogP contribution is 2.31. The zero-order valence-corrected chi connectivity index (χ0v) is 15.2. The molecule has 2 aromatic carbocycles. The van der Waals surface area contributed by atoms with Gasteiger partial charge in [0.15, 0.2) is 30.0 Å². The highest BCUT2D eigenvalue weighted by atomic mass is 35.5. The predicted molar refractivity (Wildman–Crippen MR) is 97.6 cm³/mol. The number of likely N-dealkylation sites (N-methyl/N-ethyl adjacent to an activating group) is 1. The normalized spacial score (nSPS) is 15.1. The lowest BCUT2D eigenvalue weighted by atomic mass is 10.2. The molecule has 1 aliphatic heterocycles. The van der Waals surface area contributed by atoms with Gasteiger partial charge in [0, 0.05) is 18.1 Å². The average molecular weight is 393 g/mol. The van der Waals surface area contributed by atoms with E-state index in [0.29, 0.717) is 24.7 Å². The van der Waals surface area contributed by atoms with Gasteiger partial charge >= 0.3 is 5.69 Å². The van der Waals surface area contributed by atoms with E-state index >= 15 is 0 Å². The number of nitro benzene ring substituents is 1. The molecule has 0 fully saturated rings. The maximum Gasteiger partial charge on any atom is 0.312 e. The second-order valence-electron chi connectivity index (χ2n) is 5.93. The first-order chi connectivity index (χ1) is 12.9. The zero-order chi connectivity index (χ0) is 19.4. The lowest BCUT2D eigenvalue weighted by Gasteiger charge is -2.29. The van der Waals surface area contributed by atoms with Crippen molar-refractivity contribution in [2.75, 3.05) is 26.8 Å². The molecule has 0 N–H and O–H groups in total. The third kappa shape index (κ3) is 4.59. The number of ether oxygens (including phenoxy) is 3. The van der Waals surface area contributed by atoms with Crippen molar-refractivity contribution in [3.8, 4) is 17.2 Å². The van der Waals surface area contributed by atoms with Crippen LogP contribution in [0.25, 0.3) is 0 Å². The van der Waals surface area contributed by atoms with Crippen molar-refractivity contribution < 1.29 is 23.9 Å². The summed E-state index contributed by atoms with van der Waals surface area (Å²) in [4.78, 5) is 24.2. The molecule has 0 unspecified atom stereocenters. The third-order valence-electron chi connectivity index (χ3n) is 3.94. The smallest absolute Gasteiger partial charge is 0.312 e. The van der Waals surface area contributed by atoms with E-state index in [1.165, 1.54) is 23.1 Å². The van der Waals surface area contributed by atoms with Crippen molar-refractivity contribution in [3.63, 3.8) is 0 Å². The van der Waals surface area contributed by atoms with Gasteiger partial charge in [0.25, 0.3) is 5.91 Å². The molecule has 2 aromatic rings. The number of hydrogen-bond donors (Lipinski definition) is 0. The van der Waals surface area contributed by atoms with E-state index in [4.69, 9.17) is 25.8 Å². The van der Waals surface area contributed by atoms with Crippen LogP contribution in [0.5, 0.6) is 17.2 Å². The maximum absolute atomic E-state index is 12.3. The van der Waals surface area contributed by atoms with Gasteiger partial charge < -0.3 is 19.1 Å². The molecule has 8 nitrogen and oxygen atoms in total. The summed E-state index contributed by atoms with van der Waals surface area (Å²) in [6, 6.07) is 11.3. The molecule has 27 heavy (non-hydrogen) atoms. The summed E-state index contributed by atoms with van der Waals surface area (Å²) in [5.41, 5.74) is -0.293. The average Bonchev–Trinajstić information content (AvgIpc) is 2.66. The highest BCUT2D eigenvalue weighted by molar-refractivity contribution is 6.30. The van der Waals surface area contributed by atoms with Crippen molar-refractivity contribution in [1.82, 2.24) is 4.90 Å². The van der Waals surface area contributed by atoms with Gasteiger partial charge in [-0.05, 0) is 24.3 Å². The number of carbonyl (C=O) groups is 1. The molecule has 0 saturated carbocycles. The number of fused-ring (bicyclic) bond motifs is 1. The van der Waals surface area contributed by atoms with Crippen LogP contribution in [0.15, 0.2) is 42.5 Å². The van der Waals surface area contributed by atoms with Gasteiger partial charge in [0.1, 0.15) is 6.61 Å². The standard InChI is InChI=1S/C18H17ClN2O6/c1-20(9-13-10-25-16-4-2-3-5-17(16)27-13)18(22)11-26-15-7-6-12(19)8-14(15)21(23)24/h2-8,13H,9-11H2,1H3/t13-/m0/s1. The van der Waals surface area contributed by atoms with Crippen molar-refractivity contribution in [2.24, 2.45) is 0 Å². The Morgan fingerprint density at radius 2 is 2.07 bits per heavy atom. The monoisotopic (exact) mass is 392 g/mol. The van der Waals surface area contributed by atoms with Crippen LogP contribution in [0.4, 0.5) is 5.69 Å². The second-order valence-corrected chi connectivity index (χ2v) is 6.37. The Kier molecular flexibility index (Phi) is 5.66. The third-order valence-corrected chi connectivity index (χ3v) is 4.17. The van der Waals surface area contributed by atoms with Crippen LogP contribution in [-0.4, -0.2) is 48.6 Å². The van der Waals surface area contributed by atoms with Gasteiger partial charge in [0.2, 0.25) is 0 Å². The highest BCUT2D eigenvalue weighted by Gasteiger charge is 2.24. The Balaban J connectivity index is 1.55. The van der Waals surface area contributed by atoms with Crippen molar-refractivity contribution >= 4 is 23.2 Å². The van der Waals surface area contributed by atoms with Crippen LogP contribution < -0.4 is 14.2 Å². The van der Waals surface area contributed by atoms with Crippen LogP contribution in [0.3, 0.4) is 0 Å². The number of nitro groups is 1. The molecule has 3 rings (SSSR count). The van der Waals surface area contributed by atoms with Crippen molar-refractivity contribution in [1.29, 1.82) is 0 Å². The second kappa shape index (κ2) is 8.13. The van der Waals surface area contributed by atoms with Crippen LogP contribution in [0.1, 0.15) is 0 Å². The molecular weight excluding hydrogens is 376 g/mol. The molecule has 0 aliphatic carbocycles. The Morgan fingerprint density at radius 3 is 2.81 bits per heavy atom. The van der Waals surface area contributed by atoms with Crippen LogP contribution >= 0.6 is 11.6 Å². The molecule has 1 heterocycles. The van der Waals surface area contributed by atoms with Gasteiger partial charge in [-0.2, -0.15) is 0 Å². The molecular formula is C18H17ClN2O6. The van der Waals surface area contributed by atoms with E-state index in [1.54, 1.807) is 13.1 Å². The fourth-order valence-corrected chi connectivity index (χ4v) is 2.73. The Bertz CT molecular complexity index is 859. The molecule has 0 bridgehead atoms. The summed E-state index contributed by atoms with van der Waals surface area (Å²) in [5.74, 6) is 0.933. The molecule has 142 valence electrons. The summed E-state index contributed by atoms with van der Waals surface area (Å²) >= 11 is 5.76. The van der Waals surface area contributed by atoms with Crippen molar-refractivity contribution in [3.05, 3.63) is 57.6 Å². The molecule has 0 saturated heterocycles. The first-order valence-corrected chi connectivity index (χ1v) is 8.51. The summed E-state index contributed by atoms with van der Waals surface area (Å²) in [6.45, 7) is 0.264. The maximum atomic E-state index is 12.3. The molecule has 1 aliphatic rings. The number of hydrogen-bond acceptors (Lipinski definition) is 6. The van der Waals surface area contributed by atoms with Crippen LogP contribution in [0, 0.1) is 10.1 Å². The lowest BCUT2D eigenvalue weighted by Crippen LogP contribution is -2.43. The number of nitrogens with zero attached hydrogens (tertiary/aromatic N) is 2. The quantitative estimate of drug-likeness (QED) is 0.554. The number of carbonyl (C=O) groups excluding carboxylic acids is 1. The van der Waals surface area contributed by atoms with Crippen molar-refractivity contribution in [2.45, 2.75) is 6.10 Å². The SMILES string of the molecule is CN(C[C@H]1COc2ccccc2O1)C(=O)COc1ccc(Cl)cc1[N+](=O)[O-]. The predicted octanol–water partition coefficient (Wildman–Crippen LogP) is 2.93. The van der Waals surface area contributed by atoms with Gasteiger partial charge in [-0.3, -0.25) is 14.9 Å². The van der Waals surface area contributed by atoms with E-state index in [9.17, 15) is 14.9 Å². The van der Waals surface area contributed by atoms with E-state index in [-0.39, 0.29) is 35.1 Å². The zero-order valence-electron chi connectivity index (χ0n) is 14.5. The minimum Gasteiger partial charge on any atom is -0.486 e. The summed E-state index contributed by atoms with van der Waals surface area (Å²) < 4.78 is 16.8.